The zero-order chi connectivity index (χ0) is 15.5. The number of carbonyl (C=O) groups excluding carboxylic acids is 1. The molecule has 1 aromatic rings. The maximum Gasteiger partial charge on any atom is 0.264 e. The third-order valence-electron chi connectivity index (χ3n) is 4.04. The van der Waals surface area contributed by atoms with Crippen molar-refractivity contribution in [3.63, 3.8) is 0 Å². The van der Waals surface area contributed by atoms with Gasteiger partial charge in [0, 0.05) is 38.3 Å². The highest BCUT2D eigenvalue weighted by molar-refractivity contribution is 7.92. The first-order valence-corrected chi connectivity index (χ1v) is 8.53. The molecular weight excluding hydrogens is 294 g/mol. The quantitative estimate of drug-likeness (QED) is 0.598. The van der Waals surface area contributed by atoms with E-state index in [0.29, 0.717) is 19.6 Å². The number of carbonyl (C=O) groups is 1. The Hall–Kier alpha value is -1.51. The van der Waals surface area contributed by atoms with Crippen molar-refractivity contribution < 1.29 is 18.4 Å². The molecule has 1 saturated heterocycles. The summed E-state index contributed by atoms with van der Waals surface area (Å²) in [6.07, 6.45) is 4.80. The molecule has 8 heteroatoms. The molecule has 0 unspecified atom stereocenters. The highest BCUT2D eigenvalue weighted by atomic mass is 32.2. The molecule has 0 spiro atoms. The van der Waals surface area contributed by atoms with Crippen LogP contribution >= 0.6 is 0 Å². The Morgan fingerprint density at radius 1 is 1.38 bits per heavy atom. The van der Waals surface area contributed by atoms with Crippen LogP contribution in [-0.4, -0.2) is 53.5 Å². The number of hydrogen-bond donors (Lipinski definition) is 2. The normalized spacial score (nSPS) is 19.1. The Morgan fingerprint density at radius 3 is 2.43 bits per heavy atom. The molecule has 0 radical (unpaired) electrons. The van der Waals surface area contributed by atoms with E-state index in [4.69, 9.17) is 5.21 Å². The second-order valence-corrected chi connectivity index (χ2v) is 7.66. The lowest BCUT2D eigenvalue weighted by Gasteiger charge is -2.38. The van der Waals surface area contributed by atoms with Crippen molar-refractivity contribution in [1.82, 2.24) is 15.4 Å². The summed E-state index contributed by atoms with van der Waals surface area (Å²) in [7, 11) is -3.60. The molecule has 1 aliphatic rings. The standard InChI is InChI=1S/C13H19N3O4S/c1-21(19,20)13(12(17)15-18)4-8-16(9-5-13)10-11-2-6-14-7-3-11/h2-3,6-7,18H,4-5,8-10H2,1H3,(H,15,17). The molecule has 0 atom stereocenters. The molecule has 2 heterocycles. The molecule has 0 aromatic carbocycles. The number of sulfone groups is 1. The summed E-state index contributed by atoms with van der Waals surface area (Å²) < 4.78 is 22.4. The van der Waals surface area contributed by atoms with Gasteiger partial charge < -0.3 is 0 Å². The summed E-state index contributed by atoms with van der Waals surface area (Å²) in [5.41, 5.74) is 2.59. The number of nitrogens with one attached hydrogen (secondary N) is 1. The second-order valence-electron chi connectivity index (χ2n) is 5.34. The first-order chi connectivity index (χ1) is 9.89. The van der Waals surface area contributed by atoms with E-state index in [0.717, 1.165) is 11.8 Å². The Morgan fingerprint density at radius 2 is 1.95 bits per heavy atom. The zero-order valence-corrected chi connectivity index (χ0v) is 12.6. The van der Waals surface area contributed by atoms with Crippen LogP contribution < -0.4 is 5.48 Å². The molecule has 1 aliphatic heterocycles. The summed E-state index contributed by atoms with van der Waals surface area (Å²) in [5, 5.41) is 8.83. The van der Waals surface area contributed by atoms with Gasteiger partial charge in [0.05, 0.1) is 0 Å². The third kappa shape index (κ3) is 3.22. The number of likely N-dealkylation sites (tertiary alicyclic amines) is 1. The summed E-state index contributed by atoms with van der Waals surface area (Å²) in [6.45, 7) is 1.63. The van der Waals surface area contributed by atoms with Gasteiger partial charge in [0.15, 0.2) is 14.6 Å². The van der Waals surface area contributed by atoms with E-state index in [1.165, 1.54) is 5.48 Å². The van der Waals surface area contributed by atoms with E-state index in [1.807, 2.05) is 12.1 Å². The molecule has 0 aliphatic carbocycles. The monoisotopic (exact) mass is 313 g/mol. The van der Waals surface area contributed by atoms with Crippen LogP contribution in [0.3, 0.4) is 0 Å². The van der Waals surface area contributed by atoms with E-state index >= 15 is 0 Å². The molecule has 2 rings (SSSR count). The first kappa shape index (κ1) is 15.9. The van der Waals surface area contributed by atoms with Gasteiger partial charge in [0.1, 0.15) is 0 Å². The van der Waals surface area contributed by atoms with Gasteiger partial charge in [-0.25, -0.2) is 13.9 Å². The number of rotatable bonds is 4. The molecule has 1 aromatic heterocycles. The topological polar surface area (TPSA) is 99.6 Å². The number of hydrogen-bond acceptors (Lipinski definition) is 6. The van der Waals surface area contributed by atoms with Crippen LogP contribution in [0, 0.1) is 0 Å². The Labute approximate surface area is 123 Å². The summed E-state index contributed by atoms with van der Waals surface area (Å²) >= 11 is 0. The minimum atomic E-state index is -3.60. The summed E-state index contributed by atoms with van der Waals surface area (Å²) in [4.78, 5) is 17.9. The number of nitrogens with zero attached hydrogens (tertiary/aromatic N) is 2. The van der Waals surface area contributed by atoms with Crippen molar-refractivity contribution in [3.05, 3.63) is 30.1 Å². The molecule has 0 bridgehead atoms. The van der Waals surface area contributed by atoms with Crippen LogP contribution in [0.15, 0.2) is 24.5 Å². The highest BCUT2D eigenvalue weighted by Gasteiger charge is 2.49. The van der Waals surface area contributed by atoms with Gasteiger partial charge in [-0.2, -0.15) is 0 Å². The fourth-order valence-electron chi connectivity index (χ4n) is 2.69. The molecule has 21 heavy (non-hydrogen) atoms. The summed E-state index contributed by atoms with van der Waals surface area (Å²) in [6, 6.07) is 3.80. The highest BCUT2D eigenvalue weighted by Crippen LogP contribution is 2.31. The minimum absolute atomic E-state index is 0.170. The van der Waals surface area contributed by atoms with E-state index in [-0.39, 0.29) is 12.8 Å². The van der Waals surface area contributed by atoms with Crippen molar-refractivity contribution >= 4 is 15.7 Å². The van der Waals surface area contributed by atoms with Gasteiger partial charge in [-0.1, -0.05) is 0 Å². The van der Waals surface area contributed by atoms with Crippen molar-refractivity contribution in [3.8, 4) is 0 Å². The Balaban J connectivity index is 2.08. The van der Waals surface area contributed by atoms with E-state index in [1.54, 1.807) is 12.4 Å². The Kier molecular flexibility index (Phi) is 4.60. The molecule has 0 saturated carbocycles. The van der Waals surface area contributed by atoms with E-state index < -0.39 is 20.5 Å². The number of amides is 1. The van der Waals surface area contributed by atoms with Gasteiger partial charge in [0.2, 0.25) is 0 Å². The molecular formula is C13H19N3O4S. The van der Waals surface area contributed by atoms with Crippen LogP contribution in [0.25, 0.3) is 0 Å². The fourth-order valence-corrected chi connectivity index (χ4v) is 3.99. The maximum atomic E-state index is 12.0. The average molecular weight is 313 g/mol. The van der Waals surface area contributed by atoms with Gasteiger partial charge in [0.25, 0.3) is 5.91 Å². The maximum absolute atomic E-state index is 12.0. The van der Waals surface area contributed by atoms with Crippen LogP contribution in [0.2, 0.25) is 0 Å². The lowest BCUT2D eigenvalue weighted by atomic mass is 9.94. The van der Waals surface area contributed by atoms with E-state index in [2.05, 4.69) is 9.88 Å². The third-order valence-corrected chi connectivity index (χ3v) is 6.06. The smallest absolute Gasteiger partial charge is 0.264 e. The summed E-state index contributed by atoms with van der Waals surface area (Å²) in [5.74, 6) is -0.839. The number of pyridine rings is 1. The predicted octanol–water partition coefficient (Wildman–Crippen LogP) is -0.0338. The molecule has 1 fully saturated rings. The van der Waals surface area contributed by atoms with Crippen LogP contribution in [-0.2, 0) is 21.2 Å². The first-order valence-electron chi connectivity index (χ1n) is 6.64. The fraction of sp³-hybridized carbons (Fsp3) is 0.538. The van der Waals surface area contributed by atoms with Gasteiger partial charge in [-0.3, -0.25) is 19.9 Å². The van der Waals surface area contributed by atoms with Gasteiger partial charge >= 0.3 is 0 Å². The largest absolute Gasteiger partial charge is 0.299 e. The molecule has 7 nitrogen and oxygen atoms in total. The molecule has 2 N–H and O–H groups in total. The lowest BCUT2D eigenvalue weighted by Crippen LogP contribution is -2.57. The van der Waals surface area contributed by atoms with Crippen molar-refractivity contribution in [2.75, 3.05) is 19.3 Å². The van der Waals surface area contributed by atoms with Crippen molar-refractivity contribution in [1.29, 1.82) is 0 Å². The zero-order valence-electron chi connectivity index (χ0n) is 11.8. The molecule has 1 amide bonds. The lowest BCUT2D eigenvalue weighted by molar-refractivity contribution is -0.133. The number of hydroxylamine groups is 1. The van der Waals surface area contributed by atoms with Crippen LogP contribution in [0.1, 0.15) is 18.4 Å². The number of aromatic nitrogens is 1. The molecule has 116 valence electrons. The minimum Gasteiger partial charge on any atom is -0.299 e. The SMILES string of the molecule is CS(=O)(=O)C1(C(=O)NO)CCN(Cc2ccncc2)CC1. The van der Waals surface area contributed by atoms with Crippen LogP contribution in [0.5, 0.6) is 0 Å². The predicted molar refractivity (Wildman–Crippen MR) is 76.3 cm³/mol. The van der Waals surface area contributed by atoms with E-state index in [9.17, 15) is 13.2 Å². The van der Waals surface area contributed by atoms with Crippen LogP contribution in [0.4, 0.5) is 0 Å². The Bertz CT molecular complexity index is 595. The van der Waals surface area contributed by atoms with Crippen molar-refractivity contribution in [2.24, 2.45) is 0 Å². The van der Waals surface area contributed by atoms with Crippen molar-refractivity contribution in [2.45, 2.75) is 24.1 Å². The second kappa shape index (κ2) is 6.08. The van der Waals surface area contributed by atoms with Gasteiger partial charge in [-0.15, -0.1) is 0 Å². The van der Waals surface area contributed by atoms with Gasteiger partial charge in [-0.05, 0) is 30.5 Å². The number of piperidine rings is 1. The average Bonchev–Trinajstić information content (AvgIpc) is 2.47.